The second kappa shape index (κ2) is 6.94. The first kappa shape index (κ1) is 14.4. The summed E-state index contributed by atoms with van der Waals surface area (Å²) in [5, 5.41) is 3.25. The zero-order valence-electron chi connectivity index (χ0n) is 11.9. The van der Waals surface area contributed by atoms with Crippen molar-refractivity contribution < 1.29 is 9.13 Å². The third kappa shape index (κ3) is 4.57. The highest BCUT2D eigenvalue weighted by Gasteiger charge is 1.99. The molecule has 0 atom stereocenters. The molecule has 20 heavy (non-hydrogen) atoms. The number of hydrogen-bond acceptors (Lipinski definition) is 2. The molecule has 0 unspecified atom stereocenters. The average molecular weight is 273 g/mol. The lowest BCUT2D eigenvalue weighted by Gasteiger charge is -2.10. The van der Waals surface area contributed by atoms with E-state index >= 15 is 0 Å². The largest absolute Gasteiger partial charge is 0.493 e. The fourth-order valence-corrected chi connectivity index (χ4v) is 1.74. The molecule has 0 heterocycles. The van der Waals surface area contributed by atoms with E-state index in [0.29, 0.717) is 12.5 Å². The molecule has 0 bridgehead atoms. The number of hydrogen-bond donors (Lipinski definition) is 1. The zero-order valence-corrected chi connectivity index (χ0v) is 11.9. The molecule has 0 aromatic heterocycles. The van der Waals surface area contributed by atoms with Crippen LogP contribution in [0, 0.1) is 11.7 Å². The van der Waals surface area contributed by atoms with Crippen LogP contribution in [0.1, 0.15) is 19.4 Å². The number of benzene rings is 2. The quantitative estimate of drug-likeness (QED) is 0.838. The molecule has 0 radical (unpaired) electrons. The molecule has 3 heteroatoms. The topological polar surface area (TPSA) is 21.3 Å². The Balaban J connectivity index is 1.85. The van der Waals surface area contributed by atoms with Crippen molar-refractivity contribution >= 4 is 5.69 Å². The van der Waals surface area contributed by atoms with Crippen LogP contribution >= 0.6 is 0 Å². The Morgan fingerprint density at radius 1 is 1.00 bits per heavy atom. The summed E-state index contributed by atoms with van der Waals surface area (Å²) in [7, 11) is 0. The molecular weight excluding hydrogens is 253 g/mol. The second-order valence-corrected chi connectivity index (χ2v) is 5.21. The summed E-state index contributed by atoms with van der Waals surface area (Å²) >= 11 is 0. The predicted molar refractivity (Wildman–Crippen MR) is 80.5 cm³/mol. The third-order valence-electron chi connectivity index (χ3n) is 2.85. The van der Waals surface area contributed by atoms with Gasteiger partial charge in [0.2, 0.25) is 0 Å². The highest BCUT2D eigenvalue weighted by molar-refractivity contribution is 5.43. The van der Waals surface area contributed by atoms with E-state index in [1.807, 2.05) is 24.3 Å². The summed E-state index contributed by atoms with van der Waals surface area (Å²) in [6, 6.07) is 14.4. The maximum Gasteiger partial charge on any atom is 0.123 e. The monoisotopic (exact) mass is 273 g/mol. The van der Waals surface area contributed by atoms with Crippen LogP contribution in [0.2, 0.25) is 0 Å². The maximum atomic E-state index is 12.8. The zero-order chi connectivity index (χ0) is 14.4. The Hall–Kier alpha value is -2.03. The van der Waals surface area contributed by atoms with Gasteiger partial charge in [-0.2, -0.15) is 0 Å². The summed E-state index contributed by atoms with van der Waals surface area (Å²) in [6.45, 7) is 5.69. The maximum absolute atomic E-state index is 12.8. The molecule has 2 aromatic carbocycles. The summed E-state index contributed by atoms with van der Waals surface area (Å²) in [4.78, 5) is 0. The Morgan fingerprint density at radius 2 is 1.65 bits per heavy atom. The van der Waals surface area contributed by atoms with Gasteiger partial charge in [-0.3, -0.25) is 0 Å². The highest BCUT2D eigenvalue weighted by atomic mass is 19.1. The van der Waals surface area contributed by atoms with Crippen LogP contribution in [0.15, 0.2) is 48.5 Å². The molecule has 2 rings (SSSR count). The van der Waals surface area contributed by atoms with Crippen LogP contribution in [0.3, 0.4) is 0 Å². The van der Waals surface area contributed by atoms with Gasteiger partial charge in [0.1, 0.15) is 11.6 Å². The first-order valence-electron chi connectivity index (χ1n) is 6.84. The minimum Gasteiger partial charge on any atom is -0.493 e. The van der Waals surface area contributed by atoms with Crippen LogP contribution < -0.4 is 10.1 Å². The van der Waals surface area contributed by atoms with Crippen molar-refractivity contribution in [2.45, 2.75) is 20.4 Å². The van der Waals surface area contributed by atoms with Crippen LogP contribution in [-0.2, 0) is 6.54 Å². The smallest absolute Gasteiger partial charge is 0.123 e. The molecule has 1 N–H and O–H groups in total. The summed E-state index contributed by atoms with van der Waals surface area (Å²) in [6.07, 6.45) is 0. The lowest BCUT2D eigenvalue weighted by Crippen LogP contribution is -2.04. The van der Waals surface area contributed by atoms with E-state index in [-0.39, 0.29) is 5.82 Å². The number of nitrogens with one attached hydrogen (secondary N) is 1. The van der Waals surface area contributed by atoms with Crippen molar-refractivity contribution in [1.82, 2.24) is 0 Å². The molecule has 2 nitrogen and oxygen atoms in total. The molecule has 0 saturated heterocycles. The SMILES string of the molecule is CC(C)COc1ccc(CNc2ccc(F)cc2)cc1. The van der Waals surface area contributed by atoms with Gasteiger partial charge >= 0.3 is 0 Å². The fraction of sp³-hybridized carbons (Fsp3) is 0.294. The first-order chi connectivity index (χ1) is 9.63. The third-order valence-corrected chi connectivity index (χ3v) is 2.85. The summed E-state index contributed by atoms with van der Waals surface area (Å²) in [5.41, 5.74) is 2.07. The first-order valence-corrected chi connectivity index (χ1v) is 6.84. The van der Waals surface area contributed by atoms with E-state index < -0.39 is 0 Å². The molecule has 0 fully saturated rings. The van der Waals surface area contributed by atoms with Crippen LogP contribution in [-0.4, -0.2) is 6.61 Å². The van der Waals surface area contributed by atoms with Crippen molar-refractivity contribution in [2.75, 3.05) is 11.9 Å². The molecule has 106 valence electrons. The Labute approximate surface area is 119 Å². The van der Waals surface area contributed by atoms with E-state index in [1.54, 1.807) is 12.1 Å². The second-order valence-electron chi connectivity index (χ2n) is 5.21. The van der Waals surface area contributed by atoms with Gasteiger partial charge in [-0.15, -0.1) is 0 Å². The van der Waals surface area contributed by atoms with Crippen molar-refractivity contribution in [1.29, 1.82) is 0 Å². The molecular formula is C17H20FNO. The molecule has 0 amide bonds. The van der Waals surface area contributed by atoms with Gasteiger partial charge in [-0.25, -0.2) is 4.39 Å². The van der Waals surface area contributed by atoms with E-state index in [2.05, 4.69) is 19.2 Å². The Morgan fingerprint density at radius 3 is 2.25 bits per heavy atom. The van der Waals surface area contributed by atoms with E-state index in [0.717, 1.165) is 23.6 Å². The highest BCUT2D eigenvalue weighted by Crippen LogP contribution is 2.15. The van der Waals surface area contributed by atoms with Gasteiger partial charge in [0.05, 0.1) is 6.61 Å². The fourth-order valence-electron chi connectivity index (χ4n) is 1.74. The minimum absolute atomic E-state index is 0.220. The minimum atomic E-state index is -0.220. The molecule has 0 aliphatic carbocycles. The Kier molecular flexibility index (Phi) is 4.99. The van der Waals surface area contributed by atoms with Crippen LogP contribution in [0.25, 0.3) is 0 Å². The van der Waals surface area contributed by atoms with Crippen LogP contribution in [0.4, 0.5) is 10.1 Å². The predicted octanol–water partition coefficient (Wildman–Crippen LogP) is 4.47. The number of halogens is 1. The molecule has 0 saturated carbocycles. The lowest BCUT2D eigenvalue weighted by molar-refractivity contribution is 0.271. The molecule has 0 spiro atoms. The van der Waals surface area contributed by atoms with E-state index in [1.165, 1.54) is 12.1 Å². The van der Waals surface area contributed by atoms with Gasteiger partial charge in [0, 0.05) is 12.2 Å². The number of rotatable bonds is 6. The van der Waals surface area contributed by atoms with Gasteiger partial charge in [0.25, 0.3) is 0 Å². The molecule has 2 aromatic rings. The Bertz CT molecular complexity index is 520. The number of ether oxygens (including phenoxy) is 1. The summed E-state index contributed by atoms with van der Waals surface area (Å²) in [5.74, 6) is 1.20. The molecule has 0 aliphatic heterocycles. The van der Waals surface area contributed by atoms with E-state index in [4.69, 9.17) is 4.74 Å². The molecule has 0 aliphatic rings. The van der Waals surface area contributed by atoms with Crippen molar-refractivity contribution in [3.8, 4) is 5.75 Å². The lowest BCUT2D eigenvalue weighted by atomic mass is 10.2. The van der Waals surface area contributed by atoms with Gasteiger partial charge in [-0.05, 0) is 47.9 Å². The van der Waals surface area contributed by atoms with Crippen molar-refractivity contribution in [2.24, 2.45) is 5.92 Å². The standard InChI is InChI=1S/C17H20FNO/c1-13(2)12-20-17-9-3-14(4-10-17)11-19-16-7-5-15(18)6-8-16/h3-10,13,19H,11-12H2,1-2H3. The van der Waals surface area contributed by atoms with Gasteiger partial charge < -0.3 is 10.1 Å². The van der Waals surface area contributed by atoms with Crippen LogP contribution in [0.5, 0.6) is 5.75 Å². The van der Waals surface area contributed by atoms with Gasteiger partial charge in [0.15, 0.2) is 0 Å². The average Bonchev–Trinajstić information content (AvgIpc) is 2.45. The van der Waals surface area contributed by atoms with Gasteiger partial charge in [-0.1, -0.05) is 26.0 Å². The van der Waals surface area contributed by atoms with Crippen molar-refractivity contribution in [3.05, 3.63) is 59.9 Å². The van der Waals surface area contributed by atoms with E-state index in [9.17, 15) is 4.39 Å². The van der Waals surface area contributed by atoms with Crippen molar-refractivity contribution in [3.63, 3.8) is 0 Å². The number of anilines is 1. The normalized spacial score (nSPS) is 10.6. The summed E-state index contributed by atoms with van der Waals surface area (Å²) < 4.78 is 18.4.